The highest BCUT2D eigenvalue weighted by Gasteiger charge is 2.29. The van der Waals surface area contributed by atoms with E-state index in [1.165, 1.54) is 0 Å². The van der Waals surface area contributed by atoms with Crippen LogP contribution in [0.3, 0.4) is 0 Å². The fourth-order valence-electron chi connectivity index (χ4n) is 3.39. The molecule has 0 aromatic heterocycles. The minimum Gasteiger partial charge on any atom is -0.481 e. The zero-order valence-electron chi connectivity index (χ0n) is 19.9. The van der Waals surface area contributed by atoms with Crippen LogP contribution in [-0.4, -0.2) is 48.1 Å². The number of rotatable bonds is 19. The summed E-state index contributed by atoms with van der Waals surface area (Å²) in [5.41, 5.74) is 0. The molecule has 7 heteroatoms. The van der Waals surface area contributed by atoms with Crippen molar-refractivity contribution in [2.45, 2.75) is 64.9 Å². The highest BCUT2D eigenvalue weighted by Crippen LogP contribution is 2.25. The van der Waals surface area contributed by atoms with Gasteiger partial charge >= 0.3 is 11.9 Å². The van der Waals surface area contributed by atoms with E-state index in [1.54, 1.807) is 6.92 Å². The average molecular weight is 462 g/mol. The van der Waals surface area contributed by atoms with Gasteiger partial charge in [0.05, 0.1) is 30.4 Å². The van der Waals surface area contributed by atoms with E-state index in [-0.39, 0.29) is 32.7 Å². The predicted molar refractivity (Wildman–Crippen MR) is 127 cm³/mol. The molecule has 0 aromatic rings. The molecule has 2 N–H and O–H groups in total. The molecule has 0 rings (SSSR count). The number of aliphatic carboxylic acids is 1. The Hall–Kier alpha value is -2.61. The number of carboxylic acids is 1. The fourth-order valence-corrected chi connectivity index (χ4v) is 3.39. The number of hydrogen-bond acceptors (Lipinski definition) is 6. The molecular formula is C26H39NO6. The summed E-state index contributed by atoms with van der Waals surface area (Å²) in [6.45, 7) is 7.44. The number of nitriles is 1. The van der Waals surface area contributed by atoms with Crippen molar-refractivity contribution in [3.8, 4) is 18.4 Å². The second-order valence-corrected chi connectivity index (χ2v) is 8.13. The lowest BCUT2D eigenvalue weighted by molar-refractivity contribution is -0.154. The fraction of sp³-hybridized carbons (Fsp3) is 0.654. The minimum atomic E-state index is -1.04. The first-order valence-electron chi connectivity index (χ1n) is 11.6. The first kappa shape index (κ1) is 30.4. The summed E-state index contributed by atoms with van der Waals surface area (Å²) < 4.78 is 10.1. The average Bonchev–Trinajstić information content (AvgIpc) is 2.81. The zero-order chi connectivity index (χ0) is 25.1. The van der Waals surface area contributed by atoms with Crippen LogP contribution in [0.1, 0.15) is 58.8 Å². The standard InChI is InChI=1S/C26H39NO6/c1-5-14-32-18-24(28)19-33-26(31)22(8-4)16-23(25(29)30)15-21(17-27)13-11-9-10-12-20(6-2)7-3/h1,6,9,11,20-24,28H,2,7-8,10,12-16,18-19H2,3-4H3,(H,29,30)/b11-9+. The number of carbonyl (C=O) groups is 2. The number of nitrogens with zero attached hydrogens (tertiary/aromatic N) is 1. The van der Waals surface area contributed by atoms with Gasteiger partial charge in [0.1, 0.15) is 19.3 Å². The first-order chi connectivity index (χ1) is 15.8. The molecule has 0 aliphatic rings. The van der Waals surface area contributed by atoms with Gasteiger partial charge in [-0.25, -0.2) is 0 Å². The summed E-state index contributed by atoms with van der Waals surface area (Å²) in [5, 5.41) is 28.9. The molecule has 0 spiro atoms. The topological polar surface area (TPSA) is 117 Å². The van der Waals surface area contributed by atoms with E-state index in [4.69, 9.17) is 15.9 Å². The number of carboxylic acid groups (broad SMARTS) is 1. The van der Waals surface area contributed by atoms with Crippen molar-refractivity contribution in [2.75, 3.05) is 19.8 Å². The van der Waals surface area contributed by atoms with E-state index < -0.39 is 35.8 Å². The molecule has 0 fully saturated rings. The van der Waals surface area contributed by atoms with Crippen molar-refractivity contribution >= 4 is 11.9 Å². The van der Waals surface area contributed by atoms with Gasteiger partial charge in [0.25, 0.3) is 0 Å². The second kappa shape index (κ2) is 18.9. The minimum absolute atomic E-state index is 0.0478. The molecule has 5 unspecified atom stereocenters. The van der Waals surface area contributed by atoms with Crippen LogP contribution in [0.2, 0.25) is 0 Å². The van der Waals surface area contributed by atoms with E-state index in [0.717, 1.165) is 19.3 Å². The van der Waals surface area contributed by atoms with E-state index in [2.05, 4.69) is 25.5 Å². The number of terminal acetylenes is 1. The van der Waals surface area contributed by atoms with Gasteiger partial charge in [-0.05, 0) is 50.9 Å². The third-order valence-corrected chi connectivity index (χ3v) is 5.56. The Morgan fingerprint density at radius 1 is 1.15 bits per heavy atom. The lowest BCUT2D eigenvalue weighted by Gasteiger charge is -2.21. The van der Waals surface area contributed by atoms with Crippen molar-refractivity contribution in [3.63, 3.8) is 0 Å². The van der Waals surface area contributed by atoms with Gasteiger partial charge in [0.15, 0.2) is 0 Å². The Labute approximate surface area is 198 Å². The van der Waals surface area contributed by atoms with E-state index in [9.17, 15) is 25.1 Å². The number of ether oxygens (including phenoxy) is 2. The van der Waals surface area contributed by atoms with E-state index >= 15 is 0 Å². The Balaban J connectivity index is 4.72. The van der Waals surface area contributed by atoms with E-state index in [1.807, 2.05) is 18.2 Å². The number of aliphatic hydroxyl groups excluding tert-OH is 1. The van der Waals surface area contributed by atoms with Gasteiger partial charge in [0.2, 0.25) is 0 Å². The molecule has 0 bridgehead atoms. The van der Waals surface area contributed by atoms with Crippen LogP contribution >= 0.6 is 0 Å². The molecule has 184 valence electrons. The Kier molecular flexibility index (Phi) is 17.4. The highest BCUT2D eigenvalue weighted by molar-refractivity contribution is 5.75. The van der Waals surface area contributed by atoms with E-state index in [0.29, 0.717) is 18.8 Å². The number of aliphatic hydroxyl groups is 1. The molecule has 0 saturated carbocycles. The summed E-state index contributed by atoms with van der Waals surface area (Å²) in [6.07, 6.45) is 14.0. The van der Waals surface area contributed by atoms with Crippen LogP contribution in [-0.2, 0) is 19.1 Å². The van der Waals surface area contributed by atoms with Gasteiger partial charge < -0.3 is 19.7 Å². The molecule has 0 aromatic carbocycles. The Bertz CT molecular complexity index is 690. The van der Waals surface area contributed by atoms with Crippen molar-refractivity contribution in [2.24, 2.45) is 23.7 Å². The Morgan fingerprint density at radius 2 is 1.88 bits per heavy atom. The molecule has 0 amide bonds. The molecular weight excluding hydrogens is 422 g/mol. The molecule has 7 nitrogen and oxygen atoms in total. The number of allylic oxidation sites excluding steroid dienone is 3. The number of hydrogen-bond donors (Lipinski definition) is 2. The monoisotopic (exact) mass is 461 g/mol. The molecule has 0 aliphatic heterocycles. The zero-order valence-corrected chi connectivity index (χ0v) is 19.9. The van der Waals surface area contributed by atoms with Crippen molar-refractivity contribution in [1.82, 2.24) is 0 Å². The third-order valence-electron chi connectivity index (χ3n) is 5.56. The van der Waals surface area contributed by atoms with Crippen LogP contribution in [0.25, 0.3) is 0 Å². The maximum absolute atomic E-state index is 12.4. The first-order valence-corrected chi connectivity index (χ1v) is 11.6. The third kappa shape index (κ3) is 14.2. The molecule has 33 heavy (non-hydrogen) atoms. The lowest BCUT2D eigenvalue weighted by Crippen LogP contribution is -2.29. The second-order valence-electron chi connectivity index (χ2n) is 8.13. The SMILES string of the molecule is C#CCOCC(O)COC(=O)C(CC)CC(CC(C#N)C/C=C/CCC(C=C)CC)C(=O)O. The summed E-state index contributed by atoms with van der Waals surface area (Å²) in [4.78, 5) is 24.2. The van der Waals surface area contributed by atoms with Gasteiger partial charge in [0, 0.05) is 0 Å². The van der Waals surface area contributed by atoms with Crippen LogP contribution in [0.4, 0.5) is 0 Å². The van der Waals surface area contributed by atoms with Crippen LogP contribution < -0.4 is 0 Å². The van der Waals surface area contributed by atoms with Gasteiger partial charge in [-0.1, -0.05) is 38.0 Å². The Morgan fingerprint density at radius 3 is 2.42 bits per heavy atom. The molecule has 0 saturated heterocycles. The molecule has 0 radical (unpaired) electrons. The maximum Gasteiger partial charge on any atom is 0.309 e. The summed E-state index contributed by atoms with van der Waals surface area (Å²) >= 11 is 0. The number of carbonyl (C=O) groups excluding carboxylic acids is 1. The van der Waals surface area contributed by atoms with Crippen molar-refractivity contribution in [1.29, 1.82) is 5.26 Å². The molecule has 0 heterocycles. The number of esters is 1. The lowest BCUT2D eigenvalue weighted by atomic mass is 9.85. The predicted octanol–water partition coefficient (Wildman–Crippen LogP) is 4.13. The molecule has 0 aliphatic carbocycles. The molecule has 5 atom stereocenters. The quantitative estimate of drug-likeness (QED) is 0.129. The van der Waals surface area contributed by atoms with Crippen molar-refractivity contribution in [3.05, 3.63) is 24.8 Å². The van der Waals surface area contributed by atoms with Gasteiger partial charge in [-0.3, -0.25) is 9.59 Å². The van der Waals surface area contributed by atoms with Crippen LogP contribution in [0.5, 0.6) is 0 Å². The van der Waals surface area contributed by atoms with Crippen LogP contribution in [0.15, 0.2) is 24.8 Å². The van der Waals surface area contributed by atoms with Gasteiger partial charge in [-0.2, -0.15) is 5.26 Å². The van der Waals surface area contributed by atoms with Gasteiger partial charge in [-0.15, -0.1) is 13.0 Å². The van der Waals surface area contributed by atoms with Crippen molar-refractivity contribution < 1.29 is 29.3 Å². The smallest absolute Gasteiger partial charge is 0.309 e. The highest BCUT2D eigenvalue weighted by atomic mass is 16.5. The van der Waals surface area contributed by atoms with Crippen LogP contribution in [0, 0.1) is 47.3 Å². The normalized spacial score (nSPS) is 15.5. The maximum atomic E-state index is 12.4. The largest absolute Gasteiger partial charge is 0.481 e. The summed E-state index contributed by atoms with van der Waals surface area (Å²) in [7, 11) is 0. The summed E-state index contributed by atoms with van der Waals surface area (Å²) in [6, 6.07) is 2.19. The summed E-state index contributed by atoms with van der Waals surface area (Å²) in [5.74, 6) is -0.789.